The highest BCUT2D eigenvalue weighted by atomic mass is 32.2. The number of hydrogen-bond donors (Lipinski definition) is 2. The van der Waals surface area contributed by atoms with Crippen molar-refractivity contribution in [2.75, 3.05) is 19.7 Å². The lowest BCUT2D eigenvalue weighted by Gasteiger charge is -2.14. The molecule has 148 valence electrons. The first-order chi connectivity index (χ1) is 13.3. The number of nitro groups is 1. The van der Waals surface area contributed by atoms with E-state index in [-0.39, 0.29) is 16.6 Å². The van der Waals surface area contributed by atoms with Crippen LogP contribution in [0.3, 0.4) is 0 Å². The maximum Gasteiger partial charge on any atom is 0.311 e. The fourth-order valence-electron chi connectivity index (χ4n) is 2.80. The first-order valence-corrected chi connectivity index (χ1v) is 9.28. The van der Waals surface area contributed by atoms with E-state index in [0.717, 1.165) is 29.9 Å². The molecule has 3 amide bonds. The van der Waals surface area contributed by atoms with E-state index in [1.165, 1.54) is 12.1 Å². The van der Waals surface area contributed by atoms with E-state index >= 15 is 0 Å². The third-order valence-electron chi connectivity index (χ3n) is 4.22. The van der Waals surface area contributed by atoms with E-state index in [4.69, 9.17) is 4.74 Å². The van der Waals surface area contributed by atoms with Crippen molar-refractivity contribution in [1.29, 1.82) is 0 Å². The second-order valence-electron chi connectivity index (χ2n) is 6.21. The molecule has 1 aromatic rings. The molecule has 0 spiro atoms. The summed E-state index contributed by atoms with van der Waals surface area (Å²) in [6.45, 7) is 0.566. The third kappa shape index (κ3) is 4.49. The van der Waals surface area contributed by atoms with Gasteiger partial charge in [0.05, 0.1) is 15.9 Å². The highest BCUT2D eigenvalue weighted by Gasteiger charge is 2.36. The predicted molar refractivity (Wildman–Crippen MR) is 99.4 cm³/mol. The van der Waals surface area contributed by atoms with Gasteiger partial charge in [0.25, 0.3) is 11.1 Å². The van der Waals surface area contributed by atoms with Crippen molar-refractivity contribution in [1.82, 2.24) is 10.2 Å². The fraction of sp³-hybridized carbons (Fsp3) is 0.353. The Labute approximate surface area is 163 Å². The second-order valence-corrected chi connectivity index (χ2v) is 7.21. The number of amides is 3. The van der Waals surface area contributed by atoms with Gasteiger partial charge in [-0.05, 0) is 42.3 Å². The molecule has 2 saturated heterocycles. The van der Waals surface area contributed by atoms with Gasteiger partial charge in [-0.2, -0.15) is 0 Å². The number of phenolic OH excluding ortho intramolecular Hbond substituents is 1. The number of rotatable bonds is 6. The van der Waals surface area contributed by atoms with Crippen molar-refractivity contribution in [2.24, 2.45) is 0 Å². The Morgan fingerprint density at radius 3 is 2.93 bits per heavy atom. The largest absolute Gasteiger partial charge is 0.502 e. The van der Waals surface area contributed by atoms with E-state index in [2.05, 4.69) is 5.32 Å². The summed E-state index contributed by atoms with van der Waals surface area (Å²) >= 11 is 0.642. The monoisotopic (exact) mass is 407 g/mol. The van der Waals surface area contributed by atoms with Crippen LogP contribution >= 0.6 is 11.8 Å². The summed E-state index contributed by atoms with van der Waals surface area (Å²) in [6.07, 6.45) is 3.04. The number of benzene rings is 1. The van der Waals surface area contributed by atoms with Crippen LogP contribution in [0.25, 0.3) is 6.08 Å². The Bertz CT molecular complexity index is 864. The van der Waals surface area contributed by atoms with Crippen molar-refractivity contribution in [3.05, 3.63) is 38.8 Å². The van der Waals surface area contributed by atoms with Gasteiger partial charge >= 0.3 is 5.69 Å². The van der Waals surface area contributed by atoms with Gasteiger partial charge in [0.15, 0.2) is 5.75 Å². The lowest BCUT2D eigenvalue weighted by atomic mass is 10.1. The smallest absolute Gasteiger partial charge is 0.311 e. The van der Waals surface area contributed by atoms with Crippen LogP contribution in [0, 0.1) is 10.1 Å². The molecule has 1 aromatic carbocycles. The number of nitrogens with zero attached hydrogens (tertiary/aromatic N) is 2. The van der Waals surface area contributed by atoms with Crippen molar-refractivity contribution in [2.45, 2.75) is 18.9 Å². The number of carbonyl (C=O) groups excluding carboxylic acids is 3. The number of ether oxygens (including phenoxy) is 1. The molecule has 0 aliphatic carbocycles. The lowest BCUT2D eigenvalue weighted by molar-refractivity contribution is -0.385. The number of nitro benzene ring substituents is 1. The van der Waals surface area contributed by atoms with E-state index in [0.29, 0.717) is 24.9 Å². The number of thioether (sulfide) groups is 1. The van der Waals surface area contributed by atoms with Crippen molar-refractivity contribution < 1.29 is 29.2 Å². The molecule has 0 aromatic heterocycles. The highest BCUT2D eigenvalue weighted by Crippen LogP contribution is 2.33. The number of hydrogen-bond acceptors (Lipinski definition) is 8. The average Bonchev–Trinajstić information content (AvgIpc) is 3.25. The average molecular weight is 407 g/mol. The van der Waals surface area contributed by atoms with Gasteiger partial charge in [-0.3, -0.25) is 29.4 Å². The summed E-state index contributed by atoms with van der Waals surface area (Å²) in [6, 6.07) is 3.61. The molecule has 10 nitrogen and oxygen atoms in total. The quantitative estimate of drug-likeness (QED) is 0.412. The van der Waals surface area contributed by atoms with E-state index in [9.17, 15) is 29.6 Å². The van der Waals surface area contributed by atoms with Gasteiger partial charge in [0.1, 0.15) is 6.54 Å². The van der Waals surface area contributed by atoms with E-state index < -0.39 is 40.0 Å². The Balaban J connectivity index is 1.65. The number of phenols is 1. The molecule has 2 heterocycles. The van der Waals surface area contributed by atoms with Crippen LogP contribution in [-0.4, -0.2) is 57.8 Å². The zero-order valence-electron chi connectivity index (χ0n) is 14.6. The molecule has 2 fully saturated rings. The Kier molecular flexibility index (Phi) is 5.95. The molecule has 0 saturated carbocycles. The molecular formula is C17H17N3O7S. The first kappa shape index (κ1) is 19.8. The normalized spacial score (nSPS) is 20.8. The van der Waals surface area contributed by atoms with E-state index in [1.54, 1.807) is 0 Å². The maximum atomic E-state index is 12.4. The topological polar surface area (TPSA) is 139 Å². The Morgan fingerprint density at radius 2 is 2.25 bits per heavy atom. The lowest BCUT2D eigenvalue weighted by Crippen LogP contribution is -2.41. The summed E-state index contributed by atoms with van der Waals surface area (Å²) in [7, 11) is 0. The third-order valence-corrected chi connectivity index (χ3v) is 5.13. The molecule has 11 heteroatoms. The summed E-state index contributed by atoms with van der Waals surface area (Å²) < 4.78 is 5.39. The molecule has 0 radical (unpaired) electrons. The van der Waals surface area contributed by atoms with Crippen LogP contribution in [0.15, 0.2) is 23.1 Å². The maximum absolute atomic E-state index is 12.4. The van der Waals surface area contributed by atoms with Gasteiger partial charge in [-0.25, -0.2) is 0 Å². The number of carbonyl (C=O) groups is 3. The SMILES string of the molecule is O=C(CN1C(=O)S/C(=C\c2ccc(O)c([N+](=O)[O-])c2)C1=O)NC[C@@H]1CCCO1. The molecular weight excluding hydrogens is 390 g/mol. The van der Waals surface area contributed by atoms with Crippen molar-refractivity contribution in [3.8, 4) is 5.75 Å². The van der Waals surface area contributed by atoms with Gasteiger partial charge in [-0.15, -0.1) is 0 Å². The zero-order valence-corrected chi connectivity index (χ0v) is 15.4. The van der Waals surface area contributed by atoms with Gasteiger partial charge in [0, 0.05) is 19.2 Å². The minimum atomic E-state index is -0.753. The summed E-state index contributed by atoms with van der Waals surface area (Å²) in [5.41, 5.74) is -0.237. The van der Waals surface area contributed by atoms with Crippen molar-refractivity contribution in [3.63, 3.8) is 0 Å². The number of nitrogens with one attached hydrogen (secondary N) is 1. The number of imide groups is 1. The summed E-state index contributed by atoms with van der Waals surface area (Å²) in [5.74, 6) is -1.63. The van der Waals surface area contributed by atoms with Crippen LogP contribution in [-0.2, 0) is 14.3 Å². The standard InChI is InChI=1S/C17H17N3O7S/c21-13-4-3-10(6-12(13)20(25)26)7-14-16(23)19(17(24)28-14)9-15(22)18-8-11-2-1-5-27-11/h3-4,6-7,11,21H,1-2,5,8-9H2,(H,18,22)/b14-7-/t11-/m0/s1. The summed E-state index contributed by atoms with van der Waals surface area (Å²) in [5, 5.41) is 22.4. The minimum absolute atomic E-state index is 0.0388. The Hall–Kier alpha value is -2.92. The fourth-order valence-corrected chi connectivity index (χ4v) is 3.63. The highest BCUT2D eigenvalue weighted by molar-refractivity contribution is 8.18. The molecule has 2 N–H and O–H groups in total. The molecule has 28 heavy (non-hydrogen) atoms. The Morgan fingerprint density at radius 1 is 1.46 bits per heavy atom. The summed E-state index contributed by atoms with van der Waals surface area (Å²) in [4.78, 5) is 47.5. The first-order valence-electron chi connectivity index (χ1n) is 8.46. The molecule has 0 unspecified atom stereocenters. The van der Waals surface area contributed by atoms with Crippen LogP contribution in [0.1, 0.15) is 18.4 Å². The van der Waals surface area contributed by atoms with Gasteiger partial charge in [0.2, 0.25) is 5.91 Å². The van der Waals surface area contributed by atoms with Crippen molar-refractivity contribution >= 4 is 40.6 Å². The molecule has 2 aliphatic rings. The number of aromatic hydroxyl groups is 1. The molecule has 2 aliphatic heterocycles. The molecule has 1 atom stereocenters. The van der Waals surface area contributed by atoms with Gasteiger partial charge < -0.3 is 15.2 Å². The minimum Gasteiger partial charge on any atom is -0.502 e. The second kappa shape index (κ2) is 8.40. The molecule has 0 bridgehead atoms. The predicted octanol–water partition coefficient (Wildman–Crippen LogP) is 1.63. The molecule has 3 rings (SSSR count). The van der Waals surface area contributed by atoms with Crippen LogP contribution in [0.5, 0.6) is 5.75 Å². The van der Waals surface area contributed by atoms with Crippen LogP contribution < -0.4 is 5.32 Å². The zero-order chi connectivity index (χ0) is 20.3. The van der Waals surface area contributed by atoms with Crippen LogP contribution in [0.4, 0.5) is 10.5 Å². The van der Waals surface area contributed by atoms with E-state index in [1.807, 2.05) is 0 Å². The van der Waals surface area contributed by atoms with Gasteiger partial charge in [-0.1, -0.05) is 6.07 Å². The van der Waals surface area contributed by atoms with Crippen LogP contribution in [0.2, 0.25) is 0 Å².